The molecule has 0 aliphatic rings. The molecule has 0 aliphatic carbocycles. The fraction of sp³-hybridized carbons (Fsp3) is 0.600. The first-order valence-electron chi connectivity index (χ1n) is 6.68. The highest BCUT2D eigenvalue weighted by atomic mass is 32.2. The topological polar surface area (TPSA) is 33.7 Å². The summed E-state index contributed by atoms with van der Waals surface area (Å²) in [6.45, 7) is 4.03. The van der Waals surface area contributed by atoms with Gasteiger partial charge in [0.15, 0.2) is 11.5 Å². The zero-order valence-corrected chi connectivity index (χ0v) is 14.1. The zero-order valence-electron chi connectivity index (χ0n) is 13.3. The SMILES string of the molecule is COc1cc(CNC(C)CN(C)C)c(SC)cc1OC. The molecule has 1 N–H and O–H groups in total. The Labute approximate surface area is 126 Å². The van der Waals surface area contributed by atoms with Crippen LogP contribution in [0.2, 0.25) is 0 Å². The lowest BCUT2D eigenvalue weighted by Gasteiger charge is -2.20. The average molecular weight is 298 g/mol. The molecule has 1 atom stereocenters. The summed E-state index contributed by atoms with van der Waals surface area (Å²) in [5.74, 6) is 1.56. The molecule has 0 amide bonds. The van der Waals surface area contributed by atoms with E-state index in [1.54, 1.807) is 26.0 Å². The van der Waals surface area contributed by atoms with Crippen LogP contribution in [-0.2, 0) is 6.54 Å². The molecule has 114 valence electrons. The van der Waals surface area contributed by atoms with Crippen LogP contribution in [0.3, 0.4) is 0 Å². The van der Waals surface area contributed by atoms with Crippen molar-refractivity contribution in [3.63, 3.8) is 0 Å². The van der Waals surface area contributed by atoms with E-state index in [4.69, 9.17) is 9.47 Å². The molecule has 0 saturated heterocycles. The third-order valence-electron chi connectivity index (χ3n) is 3.07. The van der Waals surface area contributed by atoms with Gasteiger partial charge in [0.25, 0.3) is 0 Å². The van der Waals surface area contributed by atoms with Gasteiger partial charge in [0, 0.05) is 24.0 Å². The van der Waals surface area contributed by atoms with Crippen LogP contribution in [0.4, 0.5) is 0 Å². The van der Waals surface area contributed by atoms with Gasteiger partial charge in [-0.1, -0.05) is 0 Å². The molecular formula is C15H26N2O2S. The number of nitrogens with zero attached hydrogens (tertiary/aromatic N) is 1. The van der Waals surface area contributed by atoms with Crippen LogP contribution >= 0.6 is 11.8 Å². The molecule has 1 unspecified atom stereocenters. The Morgan fingerprint density at radius 1 is 1.20 bits per heavy atom. The lowest BCUT2D eigenvalue weighted by atomic mass is 10.2. The van der Waals surface area contributed by atoms with Gasteiger partial charge in [-0.3, -0.25) is 0 Å². The van der Waals surface area contributed by atoms with E-state index in [2.05, 4.69) is 43.6 Å². The number of hydrogen-bond acceptors (Lipinski definition) is 5. The van der Waals surface area contributed by atoms with Crippen molar-refractivity contribution in [1.82, 2.24) is 10.2 Å². The van der Waals surface area contributed by atoms with Crippen molar-refractivity contribution >= 4 is 11.8 Å². The fourth-order valence-corrected chi connectivity index (χ4v) is 2.75. The van der Waals surface area contributed by atoms with Gasteiger partial charge in [0.2, 0.25) is 0 Å². The van der Waals surface area contributed by atoms with Gasteiger partial charge >= 0.3 is 0 Å². The molecule has 20 heavy (non-hydrogen) atoms. The summed E-state index contributed by atoms with van der Waals surface area (Å²) in [5, 5.41) is 3.54. The van der Waals surface area contributed by atoms with Crippen LogP contribution in [0.15, 0.2) is 17.0 Å². The van der Waals surface area contributed by atoms with Crippen molar-refractivity contribution in [2.75, 3.05) is 41.1 Å². The maximum absolute atomic E-state index is 5.38. The zero-order chi connectivity index (χ0) is 15.1. The van der Waals surface area contributed by atoms with Gasteiger partial charge in [-0.15, -0.1) is 11.8 Å². The van der Waals surface area contributed by atoms with Crippen molar-refractivity contribution in [3.8, 4) is 11.5 Å². The smallest absolute Gasteiger partial charge is 0.161 e. The van der Waals surface area contributed by atoms with Crippen LogP contribution in [0.5, 0.6) is 11.5 Å². The number of likely N-dealkylation sites (N-methyl/N-ethyl adjacent to an activating group) is 1. The normalized spacial score (nSPS) is 12.6. The van der Waals surface area contributed by atoms with Crippen molar-refractivity contribution in [1.29, 1.82) is 0 Å². The number of hydrogen-bond donors (Lipinski definition) is 1. The molecule has 0 fully saturated rings. The van der Waals surface area contributed by atoms with Crippen LogP contribution in [0.1, 0.15) is 12.5 Å². The van der Waals surface area contributed by atoms with Crippen molar-refractivity contribution in [2.24, 2.45) is 0 Å². The molecule has 0 aliphatic heterocycles. The molecule has 0 heterocycles. The second-order valence-electron chi connectivity index (χ2n) is 5.06. The highest BCUT2D eigenvalue weighted by Gasteiger charge is 2.11. The highest BCUT2D eigenvalue weighted by molar-refractivity contribution is 7.98. The summed E-state index contributed by atoms with van der Waals surface area (Å²) in [6.07, 6.45) is 2.08. The van der Waals surface area contributed by atoms with Gasteiger partial charge in [0.1, 0.15) is 0 Å². The molecule has 4 nitrogen and oxygen atoms in total. The molecule has 1 aromatic carbocycles. The lowest BCUT2D eigenvalue weighted by molar-refractivity contribution is 0.345. The molecule has 0 aromatic heterocycles. The molecule has 0 bridgehead atoms. The van der Waals surface area contributed by atoms with E-state index in [1.165, 1.54) is 10.5 Å². The van der Waals surface area contributed by atoms with E-state index in [0.717, 1.165) is 24.6 Å². The summed E-state index contributed by atoms with van der Waals surface area (Å²) in [7, 11) is 7.51. The molecule has 1 aromatic rings. The molecular weight excluding hydrogens is 272 g/mol. The second kappa shape index (κ2) is 8.39. The first-order chi connectivity index (χ1) is 9.51. The summed E-state index contributed by atoms with van der Waals surface area (Å²) in [6, 6.07) is 4.53. The standard InChI is InChI=1S/C15H26N2O2S/c1-11(10-17(2)3)16-9-12-7-13(18-4)14(19-5)8-15(12)20-6/h7-8,11,16H,9-10H2,1-6H3. The number of methoxy groups -OCH3 is 2. The largest absolute Gasteiger partial charge is 0.493 e. The Hall–Kier alpha value is -0.910. The number of rotatable bonds is 8. The van der Waals surface area contributed by atoms with Gasteiger partial charge in [0.05, 0.1) is 14.2 Å². The van der Waals surface area contributed by atoms with Gasteiger partial charge in [-0.2, -0.15) is 0 Å². The predicted molar refractivity (Wildman–Crippen MR) is 86.2 cm³/mol. The summed E-state index contributed by atoms with van der Waals surface area (Å²) >= 11 is 1.72. The van der Waals surface area contributed by atoms with Crippen molar-refractivity contribution in [3.05, 3.63) is 17.7 Å². The first-order valence-corrected chi connectivity index (χ1v) is 7.91. The fourth-order valence-electron chi connectivity index (χ4n) is 2.13. The summed E-state index contributed by atoms with van der Waals surface area (Å²) in [5.41, 5.74) is 1.24. The number of ether oxygens (including phenoxy) is 2. The minimum atomic E-state index is 0.438. The van der Waals surface area contributed by atoms with Crippen LogP contribution in [0.25, 0.3) is 0 Å². The van der Waals surface area contributed by atoms with E-state index < -0.39 is 0 Å². The lowest BCUT2D eigenvalue weighted by Crippen LogP contribution is -2.35. The van der Waals surface area contributed by atoms with Crippen LogP contribution < -0.4 is 14.8 Å². The van der Waals surface area contributed by atoms with Gasteiger partial charge in [-0.25, -0.2) is 0 Å². The highest BCUT2D eigenvalue weighted by Crippen LogP contribution is 2.34. The Morgan fingerprint density at radius 3 is 2.30 bits per heavy atom. The number of nitrogens with one attached hydrogen (secondary N) is 1. The van der Waals surface area contributed by atoms with E-state index >= 15 is 0 Å². The average Bonchev–Trinajstić information content (AvgIpc) is 2.43. The summed E-state index contributed by atoms with van der Waals surface area (Å²) in [4.78, 5) is 3.40. The molecule has 1 rings (SSSR count). The van der Waals surface area contributed by atoms with Crippen LogP contribution in [0, 0.1) is 0 Å². The Kier molecular flexibility index (Phi) is 7.19. The Bertz CT molecular complexity index is 425. The number of benzene rings is 1. The van der Waals surface area contributed by atoms with E-state index in [9.17, 15) is 0 Å². The van der Waals surface area contributed by atoms with E-state index in [0.29, 0.717) is 6.04 Å². The van der Waals surface area contributed by atoms with Gasteiger partial charge in [-0.05, 0) is 45.0 Å². The molecule has 0 spiro atoms. The Morgan fingerprint density at radius 2 is 1.80 bits per heavy atom. The maximum Gasteiger partial charge on any atom is 0.161 e. The second-order valence-corrected chi connectivity index (χ2v) is 5.91. The minimum absolute atomic E-state index is 0.438. The van der Waals surface area contributed by atoms with E-state index in [1.807, 2.05) is 6.07 Å². The molecule has 0 saturated carbocycles. The van der Waals surface area contributed by atoms with Crippen LogP contribution in [-0.4, -0.2) is 52.1 Å². The molecule has 0 radical (unpaired) electrons. The Balaban J connectivity index is 2.82. The van der Waals surface area contributed by atoms with Crippen molar-refractivity contribution < 1.29 is 9.47 Å². The summed E-state index contributed by atoms with van der Waals surface area (Å²) < 4.78 is 10.7. The third-order valence-corrected chi connectivity index (χ3v) is 3.89. The number of thioether (sulfide) groups is 1. The monoisotopic (exact) mass is 298 g/mol. The van der Waals surface area contributed by atoms with Crippen molar-refractivity contribution in [2.45, 2.75) is 24.4 Å². The first kappa shape index (κ1) is 17.1. The maximum atomic E-state index is 5.38. The molecule has 5 heteroatoms. The quantitative estimate of drug-likeness (QED) is 0.746. The predicted octanol–water partition coefficient (Wildman–Crippen LogP) is 2.47. The van der Waals surface area contributed by atoms with E-state index in [-0.39, 0.29) is 0 Å². The van der Waals surface area contributed by atoms with Gasteiger partial charge < -0.3 is 19.7 Å². The third kappa shape index (κ3) is 4.89. The minimum Gasteiger partial charge on any atom is -0.493 e.